The van der Waals surface area contributed by atoms with Gasteiger partial charge in [0.2, 0.25) is 0 Å². The second-order valence-corrected chi connectivity index (χ2v) is 6.29. The molecule has 18 heavy (non-hydrogen) atoms. The average molecular weight is 254 g/mol. The molecule has 0 aliphatic rings. The Hall–Kier alpha value is -0.790. The molecule has 0 fully saturated rings. The van der Waals surface area contributed by atoms with E-state index in [9.17, 15) is 4.79 Å². The first-order chi connectivity index (χ1) is 8.20. The van der Waals surface area contributed by atoms with Gasteiger partial charge in [-0.1, -0.05) is 46.3 Å². The number of carbonyl (C=O) groups excluding carboxylic acids is 1. The first-order valence-corrected chi connectivity index (χ1v) is 6.99. The average Bonchev–Trinajstić information content (AvgIpc) is 2.31. The van der Waals surface area contributed by atoms with Gasteiger partial charge in [-0.05, 0) is 32.1 Å². The van der Waals surface area contributed by atoms with Crippen LogP contribution in [-0.4, -0.2) is 12.6 Å². The standard InChI is InChI=1S/C16H30O2/c1-8-15(17)18-11-16(6,7)14(5)13(4)10-9-12(2)3/h9,13-14H,8,10-11H2,1-7H3/t13-,14+/m0/s1. The molecule has 0 saturated carbocycles. The number of hydrogen-bond acceptors (Lipinski definition) is 2. The van der Waals surface area contributed by atoms with Crippen LogP contribution in [-0.2, 0) is 9.53 Å². The largest absolute Gasteiger partial charge is 0.465 e. The number of rotatable bonds is 7. The summed E-state index contributed by atoms with van der Waals surface area (Å²) in [5.41, 5.74) is 1.39. The molecule has 0 saturated heterocycles. The summed E-state index contributed by atoms with van der Waals surface area (Å²) in [5.74, 6) is 1.00. The fourth-order valence-electron chi connectivity index (χ4n) is 1.90. The summed E-state index contributed by atoms with van der Waals surface area (Å²) < 4.78 is 5.30. The van der Waals surface area contributed by atoms with Crippen LogP contribution in [0.3, 0.4) is 0 Å². The van der Waals surface area contributed by atoms with E-state index in [1.54, 1.807) is 0 Å². The topological polar surface area (TPSA) is 26.3 Å². The van der Waals surface area contributed by atoms with E-state index in [1.165, 1.54) is 5.57 Å². The molecule has 0 unspecified atom stereocenters. The normalized spacial score (nSPS) is 14.8. The molecule has 0 aromatic rings. The molecule has 2 heteroatoms. The van der Waals surface area contributed by atoms with Gasteiger partial charge in [-0.3, -0.25) is 4.79 Å². The van der Waals surface area contributed by atoms with Gasteiger partial charge >= 0.3 is 5.97 Å². The van der Waals surface area contributed by atoms with Gasteiger partial charge in [-0.15, -0.1) is 0 Å². The first-order valence-electron chi connectivity index (χ1n) is 6.99. The Kier molecular flexibility index (Phi) is 7.27. The molecule has 0 amide bonds. The second-order valence-electron chi connectivity index (χ2n) is 6.29. The summed E-state index contributed by atoms with van der Waals surface area (Å²) in [7, 11) is 0. The zero-order chi connectivity index (χ0) is 14.3. The Morgan fingerprint density at radius 2 is 1.83 bits per heavy atom. The lowest BCUT2D eigenvalue weighted by atomic mass is 9.73. The van der Waals surface area contributed by atoms with E-state index in [-0.39, 0.29) is 11.4 Å². The van der Waals surface area contributed by atoms with Crippen molar-refractivity contribution < 1.29 is 9.53 Å². The minimum absolute atomic E-state index is 0.0275. The van der Waals surface area contributed by atoms with Crippen molar-refractivity contribution in [1.29, 1.82) is 0 Å². The summed E-state index contributed by atoms with van der Waals surface area (Å²) in [6.45, 7) is 15.5. The van der Waals surface area contributed by atoms with E-state index in [1.807, 2.05) is 6.92 Å². The van der Waals surface area contributed by atoms with E-state index in [4.69, 9.17) is 4.74 Å². The SMILES string of the molecule is CCC(=O)OCC(C)(C)[C@H](C)[C@@H](C)CC=C(C)C. The van der Waals surface area contributed by atoms with Crippen LogP contribution < -0.4 is 0 Å². The van der Waals surface area contributed by atoms with E-state index >= 15 is 0 Å². The van der Waals surface area contributed by atoms with Gasteiger partial charge in [0.15, 0.2) is 0 Å². The van der Waals surface area contributed by atoms with E-state index in [2.05, 4.69) is 47.6 Å². The molecule has 2 atom stereocenters. The van der Waals surface area contributed by atoms with Gasteiger partial charge < -0.3 is 4.74 Å². The Morgan fingerprint density at radius 3 is 2.28 bits per heavy atom. The van der Waals surface area contributed by atoms with Crippen molar-refractivity contribution >= 4 is 5.97 Å². The van der Waals surface area contributed by atoms with Gasteiger partial charge in [0.05, 0.1) is 6.61 Å². The smallest absolute Gasteiger partial charge is 0.305 e. The lowest BCUT2D eigenvalue weighted by molar-refractivity contribution is -0.147. The maximum Gasteiger partial charge on any atom is 0.305 e. The Balaban J connectivity index is 4.39. The van der Waals surface area contributed by atoms with Crippen molar-refractivity contribution in [3.05, 3.63) is 11.6 Å². The van der Waals surface area contributed by atoms with Gasteiger partial charge in [-0.25, -0.2) is 0 Å². The molecule has 0 N–H and O–H groups in total. The summed E-state index contributed by atoms with van der Waals surface area (Å²) in [6.07, 6.45) is 3.84. The van der Waals surface area contributed by atoms with Gasteiger partial charge in [0.1, 0.15) is 0 Å². The number of hydrogen-bond donors (Lipinski definition) is 0. The van der Waals surface area contributed by atoms with Gasteiger partial charge in [-0.2, -0.15) is 0 Å². The minimum atomic E-state index is -0.104. The fraction of sp³-hybridized carbons (Fsp3) is 0.812. The van der Waals surface area contributed by atoms with Crippen molar-refractivity contribution in [2.45, 2.75) is 61.3 Å². The monoisotopic (exact) mass is 254 g/mol. The number of allylic oxidation sites excluding steroid dienone is 2. The van der Waals surface area contributed by atoms with Crippen molar-refractivity contribution in [2.75, 3.05) is 6.61 Å². The Labute approximate surface area is 113 Å². The molecule has 0 aliphatic heterocycles. The van der Waals surface area contributed by atoms with Crippen molar-refractivity contribution in [2.24, 2.45) is 17.3 Å². The third-order valence-corrected chi connectivity index (χ3v) is 3.88. The van der Waals surface area contributed by atoms with Gasteiger partial charge in [0.25, 0.3) is 0 Å². The van der Waals surface area contributed by atoms with Crippen LogP contribution in [0.1, 0.15) is 61.3 Å². The Bertz CT molecular complexity index is 285. The molecule has 0 aliphatic carbocycles. The Morgan fingerprint density at radius 1 is 1.28 bits per heavy atom. The first kappa shape index (κ1) is 17.2. The zero-order valence-electron chi connectivity index (χ0n) is 13.2. The van der Waals surface area contributed by atoms with Crippen LogP contribution in [0.5, 0.6) is 0 Å². The predicted molar refractivity (Wildman–Crippen MR) is 77.4 cm³/mol. The molecule has 2 nitrogen and oxygen atoms in total. The highest BCUT2D eigenvalue weighted by molar-refractivity contribution is 5.68. The molecule has 0 rings (SSSR count). The number of carbonyl (C=O) groups is 1. The maximum atomic E-state index is 11.2. The van der Waals surface area contributed by atoms with E-state index in [0.717, 1.165) is 6.42 Å². The lowest BCUT2D eigenvalue weighted by Gasteiger charge is -2.35. The highest BCUT2D eigenvalue weighted by Gasteiger charge is 2.30. The maximum absolute atomic E-state index is 11.2. The van der Waals surface area contributed by atoms with Crippen LogP contribution in [0.25, 0.3) is 0 Å². The highest BCUT2D eigenvalue weighted by atomic mass is 16.5. The van der Waals surface area contributed by atoms with Crippen molar-refractivity contribution in [1.82, 2.24) is 0 Å². The number of ether oxygens (including phenoxy) is 1. The minimum Gasteiger partial charge on any atom is -0.465 e. The molecular formula is C16H30O2. The molecule has 0 heterocycles. The van der Waals surface area contributed by atoms with Gasteiger partial charge in [0, 0.05) is 11.8 Å². The van der Waals surface area contributed by atoms with Crippen LogP contribution in [0, 0.1) is 17.3 Å². The van der Waals surface area contributed by atoms with Crippen LogP contribution >= 0.6 is 0 Å². The second kappa shape index (κ2) is 7.60. The quantitative estimate of drug-likeness (QED) is 0.490. The third kappa shape index (κ3) is 6.23. The third-order valence-electron chi connectivity index (χ3n) is 3.88. The van der Waals surface area contributed by atoms with E-state index in [0.29, 0.717) is 24.9 Å². The molecule has 0 radical (unpaired) electrons. The highest BCUT2D eigenvalue weighted by Crippen LogP contribution is 2.34. The summed E-state index contributed by atoms with van der Waals surface area (Å²) >= 11 is 0. The van der Waals surface area contributed by atoms with Crippen LogP contribution in [0.2, 0.25) is 0 Å². The molecule has 0 aromatic carbocycles. The summed E-state index contributed by atoms with van der Waals surface area (Å²) in [4.78, 5) is 11.2. The summed E-state index contributed by atoms with van der Waals surface area (Å²) in [6, 6.07) is 0. The van der Waals surface area contributed by atoms with Crippen molar-refractivity contribution in [3.63, 3.8) is 0 Å². The van der Waals surface area contributed by atoms with Crippen molar-refractivity contribution in [3.8, 4) is 0 Å². The van der Waals surface area contributed by atoms with E-state index < -0.39 is 0 Å². The summed E-state index contributed by atoms with van der Waals surface area (Å²) in [5, 5.41) is 0. The fourth-order valence-corrected chi connectivity index (χ4v) is 1.90. The van der Waals surface area contributed by atoms with Crippen LogP contribution in [0.15, 0.2) is 11.6 Å². The molecule has 0 spiro atoms. The lowest BCUT2D eigenvalue weighted by Crippen LogP contribution is -2.32. The molecule has 0 aromatic heterocycles. The zero-order valence-corrected chi connectivity index (χ0v) is 13.2. The number of esters is 1. The predicted octanol–water partition coefficient (Wildman–Crippen LogP) is 4.59. The molecular weight excluding hydrogens is 224 g/mol. The van der Waals surface area contributed by atoms with Crippen LogP contribution in [0.4, 0.5) is 0 Å². The molecule has 106 valence electrons. The molecule has 0 bridgehead atoms.